The number of amides is 1. The van der Waals surface area contributed by atoms with Crippen LogP contribution in [0.1, 0.15) is 13.8 Å². The lowest BCUT2D eigenvalue weighted by molar-refractivity contribution is -0.120. The minimum absolute atomic E-state index is 0.0120. The fourth-order valence-electron chi connectivity index (χ4n) is 1.56. The van der Waals surface area contributed by atoms with Crippen LogP contribution < -0.4 is 10.6 Å². The maximum Gasteiger partial charge on any atom is 0.234 e. The monoisotopic (exact) mass is 225 g/mol. The summed E-state index contributed by atoms with van der Waals surface area (Å²) >= 11 is 0. The van der Waals surface area contributed by atoms with Gasteiger partial charge in [0, 0.05) is 13.1 Å². The molecule has 0 rings (SSSR count). The van der Waals surface area contributed by atoms with Crippen molar-refractivity contribution in [2.24, 2.45) is 5.41 Å². The van der Waals surface area contributed by atoms with Gasteiger partial charge in [-0.2, -0.15) is 0 Å². The number of hydrogen-bond acceptors (Lipinski definition) is 3. The number of carbonyl (C=O) groups is 1. The van der Waals surface area contributed by atoms with Crippen LogP contribution in [0.25, 0.3) is 0 Å². The number of hydrogen-bond donors (Lipinski definition) is 2. The van der Waals surface area contributed by atoms with Gasteiger partial charge in [-0.15, -0.1) is 6.42 Å². The van der Waals surface area contributed by atoms with Crippen LogP contribution in [0.15, 0.2) is 0 Å². The molecule has 1 amide bonds. The Balaban J connectivity index is 3.78. The smallest absolute Gasteiger partial charge is 0.234 e. The summed E-state index contributed by atoms with van der Waals surface area (Å²) < 4.78 is 0. The minimum atomic E-state index is -0.0120. The molecule has 0 unspecified atom stereocenters. The van der Waals surface area contributed by atoms with Crippen molar-refractivity contribution >= 4 is 5.91 Å². The first-order valence-electron chi connectivity index (χ1n) is 5.43. The van der Waals surface area contributed by atoms with Gasteiger partial charge >= 0.3 is 0 Å². The number of terminal acetylenes is 1. The highest BCUT2D eigenvalue weighted by atomic mass is 16.1. The Labute approximate surface area is 98.8 Å². The highest BCUT2D eigenvalue weighted by molar-refractivity contribution is 5.78. The molecule has 16 heavy (non-hydrogen) atoms. The first-order valence-corrected chi connectivity index (χ1v) is 5.43. The summed E-state index contributed by atoms with van der Waals surface area (Å²) in [5.74, 6) is 2.41. The highest BCUT2D eigenvalue weighted by Gasteiger charge is 2.19. The third-order valence-electron chi connectivity index (χ3n) is 2.02. The van der Waals surface area contributed by atoms with Crippen LogP contribution in [-0.2, 0) is 4.79 Å². The minimum Gasteiger partial charge on any atom is -0.354 e. The van der Waals surface area contributed by atoms with E-state index in [1.54, 1.807) is 0 Å². The molecule has 0 aromatic carbocycles. The molecule has 0 aromatic rings. The molecule has 0 saturated heterocycles. The lowest BCUT2D eigenvalue weighted by atomic mass is 9.93. The average molecular weight is 225 g/mol. The van der Waals surface area contributed by atoms with Crippen molar-refractivity contribution in [3.05, 3.63) is 0 Å². The zero-order valence-corrected chi connectivity index (χ0v) is 10.8. The van der Waals surface area contributed by atoms with Crippen LogP contribution in [0.4, 0.5) is 0 Å². The molecule has 4 heteroatoms. The van der Waals surface area contributed by atoms with Crippen molar-refractivity contribution in [1.82, 2.24) is 15.5 Å². The Morgan fingerprint density at radius 3 is 2.56 bits per heavy atom. The van der Waals surface area contributed by atoms with Crippen LogP contribution >= 0.6 is 0 Å². The van der Waals surface area contributed by atoms with E-state index < -0.39 is 0 Å². The summed E-state index contributed by atoms with van der Waals surface area (Å²) in [6, 6.07) is 0. The Morgan fingerprint density at radius 2 is 2.06 bits per heavy atom. The largest absolute Gasteiger partial charge is 0.354 e. The molecule has 0 atom stereocenters. The average Bonchev–Trinajstić information content (AvgIpc) is 2.13. The second-order valence-corrected chi connectivity index (χ2v) is 4.99. The van der Waals surface area contributed by atoms with Crippen LogP contribution in [0.5, 0.6) is 0 Å². The lowest BCUT2D eigenvalue weighted by Crippen LogP contribution is -2.42. The van der Waals surface area contributed by atoms with E-state index in [2.05, 4.69) is 35.3 Å². The molecule has 92 valence electrons. The molecule has 0 aliphatic heterocycles. The highest BCUT2D eigenvalue weighted by Crippen LogP contribution is 2.13. The first-order chi connectivity index (χ1) is 7.37. The van der Waals surface area contributed by atoms with Gasteiger partial charge in [0.05, 0.1) is 13.1 Å². The van der Waals surface area contributed by atoms with Gasteiger partial charge in [0.15, 0.2) is 0 Å². The van der Waals surface area contributed by atoms with Crippen LogP contribution in [0, 0.1) is 17.8 Å². The fourth-order valence-corrected chi connectivity index (χ4v) is 1.56. The van der Waals surface area contributed by atoms with E-state index in [1.165, 1.54) is 0 Å². The molecule has 2 N–H and O–H groups in total. The van der Waals surface area contributed by atoms with Gasteiger partial charge in [0.25, 0.3) is 0 Å². The van der Waals surface area contributed by atoms with E-state index in [1.807, 2.05) is 14.1 Å². The normalized spacial score (nSPS) is 11.2. The topological polar surface area (TPSA) is 44.4 Å². The number of carbonyl (C=O) groups excluding carboxylic acids is 1. The number of nitrogens with one attached hydrogen (secondary N) is 2. The van der Waals surface area contributed by atoms with Crippen LogP contribution in [0.2, 0.25) is 0 Å². The van der Waals surface area contributed by atoms with E-state index >= 15 is 0 Å². The third-order valence-corrected chi connectivity index (χ3v) is 2.02. The summed E-state index contributed by atoms with van der Waals surface area (Å²) in [6.45, 7) is 6.56. The molecule has 0 saturated carbocycles. The molecule has 0 aromatic heterocycles. The van der Waals surface area contributed by atoms with Crippen molar-refractivity contribution in [3.63, 3.8) is 0 Å². The van der Waals surface area contributed by atoms with E-state index in [4.69, 9.17) is 6.42 Å². The Bertz CT molecular complexity index is 253. The van der Waals surface area contributed by atoms with Gasteiger partial charge in [-0.25, -0.2) is 0 Å². The standard InChI is InChI=1S/C12H23N3O/c1-6-7-13-8-11(16)14-9-12(2,3)10-15(4)5/h1,13H,7-10H2,2-5H3,(H,14,16). The van der Waals surface area contributed by atoms with Crippen molar-refractivity contribution in [3.8, 4) is 12.3 Å². The second kappa shape index (κ2) is 7.26. The van der Waals surface area contributed by atoms with Gasteiger partial charge in [-0.3, -0.25) is 10.1 Å². The first kappa shape index (κ1) is 14.9. The van der Waals surface area contributed by atoms with E-state index in [0.717, 1.165) is 6.54 Å². The Morgan fingerprint density at radius 1 is 1.44 bits per heavy atom. The Kier molecular flexibility index (Phi) is 6.78. The molecule has 0 aliphatic carbocycles. The Hall–Kier alpha value is -1.05. The summed E-state index contributed by atoms with van der Waals surface area (Å²) in [7, 11) is 4.05. The molecular formula is C12H23N3O. The quantitative estimate of drug-likeness (QED) is 0.470. The molecule has 0 bridgehead atoms. The van der Waals surface area contributed by atoms with Crippen molar-refractivity contribution in [2.45, 2.75) is 13.8 Å². The van der Waals surface area contributed by atoms with E-state index in [9.17, 15) is 4.79 Å². The predicted octanol–water partition coefficient (Wildman–Crippen LogP) is -0.0868. The molecule has 4 nitrogen and oxygen atoms in total. The zero-order chi connectivity index (χ0) is 12.6. The molecular weight excluding hydrogens is 202 g/mol. The van der Waals surface area contributed by atoms with Gasteiger partial charge in [0.1, 0.15) is 0 Å². The number of rotatable bonds is 7. The predicted molar refractivity (Wildman–Crippen MR) is 67.0 cm³/mol. The zero-order valence-electron chi connectivity index (χ0n) is 10.8. The fraction of sp³-hybridized carbons (Fsp3) is 0.750. The van der Waals surface area contributed by atoms with Crippen molar-refractivity contribution < 1.29 is 4.79 Å². The summed E-state index contributed by atoms with van der Waals surface area (Å²) in [5, 5.41) is 5.74. The van der Waals surface area contributed by atoms with Gasteiger partial charge in [-0.1, -0.05) is 19.8 Å². The van der Waals surface area contributed by atoms with E-state index in [-0.39, 0.29) is 17.9 Å². The maximum atomic E-state index is 11.4. The molecule has 0 aliphatic rings. The molecule has 0 spiro atoms. The van der Waals surface area contributed by atoms with Crippen molar-refractivity contribution in [2.75, 3.05) is 40.3 Å². The van der Waals surface area contributed by atoms with Gasteiger partial charge in [0.2, 0.25) is 5.91 Å². The van der Waals surface area contributed by atoms with Crippen molar-refractivity contribution in [1.29, 1.82) is 0 Å². The molecule has 0 fully saturated rings. The van der Waals surface area contributed by atoms with E-state index in [0.29, 0.717) is 13.1 Å². The number of nitrogens with zero attached hydrogens (tertiary/aromatic N) is 1. The summed E-state index contributed by atoms with van der Waals surface area (Å²) in [4.78, 5) is 13.5. The van der Waals surface area contributed by atoms with Gasteiger partial charge < -0.3 is 10.2 Å². The maximum absolute atomic E-state index is 11.4. The molecule has 0 heterocycles. The van der Waals surface area contributed by atoms with Gasteiger partial charge in [-0.05, 0) is 19.5 Å². The molecule has 0 radical (unpaired) electrons. The lowest BCUT2D eigenvalue weighted by Gasteiger charge is -2.28. The summed E-state index contributed by atoms with van der Waals surface area (Å²) in [6.07, 6.45) is 5.06. The summed E-state index contributed by atoms with van der Waals surface area (Å²) in [5.41, 5.74) is 0.0747. The SMILES string of the molecule is C#CCNCC(=O)NCC(C)(C)CN(C)C. The third kappa shape index (κ3) is 8.27. The van der Waals surface area contributed by atoms with Crippen LogP contribution in [-0.4, -0.2) is 51.1 Å². The second-order valence-electron chi connectivity index (χ2n) is 4.99. The van der Waals surface area contributed by atoms with Crippen LogP contribution in [0.3, 0.4) is 0 Å².